The van der Waals surface area contributed by atoms with Crippen molar-refractivity contribution in [3.05, 3.63) is 99.6 Å². The number of hydrogen-bond donors (Lipinski definition) is 1. The maximum Gasteiger partial charge on any atom is 0.300 e. The number of ether oxygens (including phenoxy) is 1. The van der Waals surface area contributed by atoms with Crippen LogP contribution in [0.15, 0.2) is 66.2 Å². The van der Waals surface area contributed by atoms with Gasteiger partial charge in [0.25, 0.3) is 11.7 Å². The first-order chi connectivity index (χ1) is 16.9. The molecule has 178 valence electrons. The fourth-order valence-electron chi connectivity index (χ4n) is 5.24. The number of aryl methyl sites for hydroxylation is 3. The molecule has 2 aliphatic rings. The average molecular weight is 468 g/mol. The molecule has 3 aromatic rings. The van der Waals surface area contributed by atoms with Crippen molar-refractivity contribution < 1.29 is 19.4 Å². The lowest BCUT2D eigenvalue weighted by Crippen LogP contribution is -2.30. The molecule has 35 heavy (non-hydrogen) atoms. The van der Waals surface area contributed by atoms with E-state index in [1.165, 1.54) is 16.0 Å². The lowest BCUT2D eigenvalue weighted by Gasteiger charge is -2.27. The van der Waals surface area contributed by atoms with Gasteiger partial charge in [-0.25, -0.2) is 0 Å². The molecule has 5 heteroatoms. The number of rotatable bonds is 4. The van der Waals surface area contributed by atoms with E-state index in [2.05, 4.69) is 0 Å². The summed E-state index contributed by atoms with van der Waals surface area (Å²) in [4.78, 5) is 28.5. The van der Waals surface area contributed by atoms with Crippen LogP contribution in [0.4, 0.5) is 5.69 Å². The molecule has 1 saturated heterocycles. The molecule has 0 aromatic heterocycles. The molecule has 1 aliphatic heterocycles. The largest absolute Gasteiger partial charge is 0.507 e. The van der Waals surface area contributed by atoms with Crippen LogP contribution in [0.25, 0.3) is 5.76 Å². The highest BCUT2D eigenvalue weighted by atomic mass is 16.5. The summed E-state index contributed by atoms with van der Waals surface area (Å²) >= 11 is 0. The van der Waals surface area contributed by atoms with Gasteiger partial charge in [0.2, 0.25) is 0 Å². The van der Waals surface area contributed by atoms with Crippen molar-refractivity contribution in [1.82, 2.24) is 0 Å². The van der Waals surface area contributed by atoms with Crippen LogP contribution in [-0.2, 0) is 22.4 Å². The van der Waals surface area contributed by atoms with Gasteiger partial charge in [-0.15, -0.1) is 0 Å². The van der Waals surface area contributed by atoms with Crippen molar-refractivity contribution in [3.63, 3.8) is 0 Å². The molecule has 5 nitrogen and oxygen atoms in total. The van der Waals surface area contributed by atoms with Gasteiger partial charge in [-0.2, -0.15) is 0 Å². The van der Waals surface area contributed by atoms with Crippen LogP contribution in [0.1, 0.15) is 52.3 Å². The third-order valence-electron chi connectivity index (χ3n) is 7.31. The van der Waals surface area contributed by atoms with Crippen molar-refractivity contribution in [2.45, 2.75) is 45.6 Å². The van der Waals surface area contributed by atoms with E-state index in [-0.39, 0.29) is 11.3 Å². The van der Waals surface area contributed by atoms with Gasteiger partial charge in [0.15, 0.2) is 0 Å². The van der Waals surface area contributed by atoms with Gasteiger partial charge in [-0.3, -0.25) is 14.5 Å². The summed E-state index contributed by atoms with van der Waals surface area (Å²) in [6.07, 6.45) is 4.25. The van der Waals surface area contributed by atoms with Crippen LogP contribution in [0.5, 0.6) is 5.75 Å². The maximum atomic E-state index is 13.5. The average Bonchev–Trinajstić information content (AvgIpc) is 3.15. The molecule has 0 radical (unpaired) electrons. The molecule has 3 aromatic carbocycles. The number of aliphatic hydroxyl groups is 1. The lowest BCUT2D eigenvalue weighted by molar-refractivity contribution is -0.132. The number of fused-ring (bicyclic) bond motifs is 1. The first kappa shape index (κ1) is 22.9. The number of carbonyl (C=O) groups excluding carboxylic acids is 2. The second-order valence-corrected chi connectivity index (χ2v) is 9.36. The van der Waals surface area contributed by atoms with Gasteiger partial charge < -0.3 is 9.84 Å². The number of anilines is 1. The molecule has 0 spiro atoms. The standard InChI is InChI=1S/C30H29NO4/c1-18-8-6-13-25(19(18)2)31-27(22-11-7-12-24(17-22)35-3)26(29(33)30(31)34)28(32)23-15-14-20-9-4-5-10-21(20)16-23/h6-8,11-17,27,32H,4-5,9-10H2,1-3H3/b28-26-. The highest BCUT2D eigenvalue weighted by molar-refractivity contribution is 6.51. The lowest BCUT2D eigenvalue weighted by atomic mass is 9.88. The molecule has 1 N–H and O–H groups in total. The van der Waals surface area contributed by atoms with Gasteiger partial charge in [-0.1, -0.05) is 36.4 Å². The Hall–Kier alpha value is -3.86. The number of hydrogen-bond acceptors (Lipinski definition) is 4. The quantitative estimate of drug-likeness (QED) is 0.298. The van der Waals surface area contributed by atoms with E-state index in [0.717, 1.165) is 36.8 Å². The Kier molecular flexibility index (Phi) is 5.93. The summed E-state index contributed by atoms with van der Waals surface area (Å²) < 4.78 is 5.43. The number of ketones is 1. The zero-order chi connectivity index (χ0) is 24.7. The molecule has 0 saturated carbocycles. The van der Waals surface area contributed by atoms with Crippen LogP contribution >= 0.6 is 0 Å². The third kappa shape index (κ3) is 3.91. The van der Waals surface area contributed by atoms with Crippen molar-refractivity contribution >= 4 is 23.1 Å². The minimum absolute atomic E-state index is 0.0971. The van der Waals surface area contributed by atoms with Crippen molar-refractivity contribution in [2.24, 2.45) is 0 Å². The normalized spacial score (nSPS) is 19.1. The van der Waals surface area contributed by atoms with Crippen LogP contribution in [0, 0.1) is 13.8 Å². The first-order valence-corrected chi connectivity index (χ1v) is 12.0. The molecular weight excluding hydrogens is 438 g/mol. The Balaban J connectivity index is 1.73. The topological polar surface area (TPSA) is 66.8 Å². The number of methoxy groups -OCH3 is 1. The smallest absolute Gasteiger partial charge is 0.300 e. The summed E-state index contributed by atoms with van der Waals surface area (Å²) in [6.45, 7) is 3.92. The van der Waals surface area contributed by atoms with Crippen LogP contribution < -0.4 is 9.64 Å². The van der Waals surface area contributed by atoms with Crippen LogP contribution in [-0.4, -0.2) is 23.9 Å². The fourth-order valence-corrected chi connectivity index (χ4v) is 5.24. The number of aliphatic hydroxyl groups excluding tert-OH is 1. The Morgan fingerprint density at radius 1 is 0.943 bits per heavy atom. The highest BCUT2D eigenvalue weighted by Gasteiger charge is 2.47. The predicted octanol–water partition coefficient (Wildman–Crippen LogP) is 5.82. The first-order valence-electron chi connectivity index (χ1n) is 12.0. The Bertz CT molecular complexity index is 1370. The van der Waals surface area contributed by atoms with E-state index in [0.29, 0.717) is 22.6 Å². The SMILES string of the molecule is COc1cccc(C2/C(=C(/O)c3ccc4c(c3)CCCC4)C(=O)C(=O)N2c2cccc(C)c2C)c1. The van der Waals surface area contributed by atoms with Gasteiger partial charge in [-0.05, 0) is 91.6 Å². The van der Waals surface area contributed by atoms with Crippen molar-refractivity contribution in [1.29, 1.82) is 0 Å². The Labute approximate surface area is 205 Å². The molecule has 1 amide bonds. The molecule has 5 rings (SSSR count). The van der Waals surface area contributed by atoms with E-state index in [1.807, 2.05) is 74.5 Å². The molecule has 1 fully saturated rings. The van der Waals surface area contributed by atoms with Crippen LogP contribution in [0.2, 0.25) is 0 Å². The van der Waals surface area contributed by atoms with E-state index in [9.17, 15) is 14.7 Å². The number of nitrogens with zero attached hydrogens (tertiary/aromatic N) is 1. The summed E-state index contributed by atoms with van der Waals surface area (Å²) in [5, 5.41) is 11.5. The number of benzene rings is 3. The monoisotopic (exact) mass is 467 g/mol. The Morgan fingerprint density at radius 3 is 2.46 bits per heavy atom. The minimum Gasteiger partial charge on any atom is -0.507 e. The van der Waals surface area contributed by atoms with Gasteiger partial charge in [0.05, 0.1) is 18.7 Å². The summed E-state index contributed by atoms with van der Waals surface area (Å²) in [7, 11) is 1.58. The molecule has 1 unspecified atom stereocenters. The zero-order valence-corrected chi connectivity index (χ0v) is 20.3. The molecule has 1 aliphatic carbocycles. The van der Waals surface area contributed by atoms with Gasteiger partial charge >= 0.3 is 0 Å². The van der Waals surface area contributed by atoms with Crippen molar-refractivity contribution in [2.75, 3.05) is 12.0 Å². The third-order valence-corrected chi connectivity index (χ3v) is 7.31. The Morgan fingerprint density at radius 2 is 1.69 bits per heavy atom. The van der Waals surface area contributed by atoms with Gasteiger partial charge in [0, 0.05) is 11.3 Å². The number of carbonyl (C=O) groups is 2. The highest BCUT2D eigenvalue weighted by Crippen LogP contribution is 2.44. The minimum atomic E-state index is -0.776. The molecular formula is C30H29NO4. The van der Waals surface area contributed by atoms with E-state index in [4.69, 9.17) is 4.74 Å². The summed E-state index contributed by atoms with van der Waals surface area (Å²) in [5.74, 6) is -0.861. The van der Waals surface area contributed by atoms with E-state index >= 15 is 0 Å². The second kappa shape index (κ2) is 9.06. The van der Waals surface area contributed by atoms with Crippen LogP contribution in [0.3, 0.4) is 0 Å². The molecule has 1 atom stereocenters. The summed E-state index contributed by atoms with van der Waals surface area (Å²) in [6, 6.07) is 18.1. The number of Topliss-reactive ketones (excluding diaryl/α,β-unsaturated/α-hetero) is 1. The van der Waals surface area contributed by atoms with Gasteiger partial charge in [0.1, 0.15) is 11.5 Å². The second-order valence-electron chi connectivity index (χ2n) is 9.36. The van der Waals surface area contributed by atoms with E-state index < -0.39 is 17.7 Å². The fraction of sp³-hybridized carbons (Fsp3) is 0.267. The zero-order valence-electron chi connectivity index (χ0n) is 20.3. The predicted molar refractivity (Wildman–Crippen MR) is 137 cm³/mol. The molecule has 0 bridgehead atoms. The van der Waals surface area contributed by atoms with E-state index in [1.54, 1.807) is 7.11 Å². The maximum absolute atomic E-state index is 13.5. The number of amides is 1. The summed E-state index contributed by atoms with van der Waals surface area (Å²) in [5.41, 5.74) is 6.43. The van der Waals surface area contributed by atoms with Crippen molar-refractivity contribution in [3.8, 4) is 5.75 Å². The molecule has 1 heterocycles.